The van der Waals surface area contributed by atoms with E-state index in [4.69, 9.17) is 5.84 Å². The molecular formula is C17H19N3S. The Kier molecular flexibility index (Phi) is 4.01. The summed E-state index contributed by atoms with van der Waals surface area (Å²) in [4.78, 5) is 4.50. The molecule has 1 atom stereocenters. The molecule has 0 aliphatic heterocycles. The highest BCUT2D eigenvalue weighted by atomic mass is 32.1. The summed E-state index contributed by atoms with van der Waals surface area (Å²) in [6.45, 7) is 4.27. The molecule has 3 aromatic rings. The number of thiophene rings is 1. The maximum atomic E-state index is 5.77. The molecule has 0 aliphatic rings. The van der Waals surface area contributed by atoms with Crippen LogP contribution in [0.25, 0.3) is 10.2 Å². The molecule has 3 N–H and O–H groups in total. The van der Waals surface area contributed by atoms with Crippen molar-refractivity contribution in [2.24, 2.45) is 5.84 Å². The summed E-state index contributed by atoms with van der Waals surface area (Å²) in [6, 6.07) is 10.9. The van der Waals surface area contributed by atoms with Gasteiger partial charge < -0.3 is 0 Å². The molecule has 3 rings (SSSR count). The third-order valence-electron chi connectivity index (χ3n) is 3.94. The van der Waals surface area contributed by atoms with E-state index in [2.05, 4.69) is 53.9 Å². The third kappa shape index (κ3) is 2.97. The van der Waals surface area contributed by atoms with Gasteiger partial charge in [0.25, 0.3) is 0 Å². The molecular weight excluding hydrogens is 278 g/mol. The number of rotatable bonds is 4. The van der Waals surface area contributed by atoms with Crippen molar-refractivity contribution in [2.45, 2.75) is 26.3 Å². The Morgan fingerprint density at radius 1 is 1.19 bits per heavy atom. The maximum Gasteiger partial charge on any atom is 0.0809 e. The summed E-state index contributed by atoms with van der Waals surface area (Å²) in [5.74, 6) is 5.77. The Hall–Kier alpha value is -1.75. The number of hydrogen-bond acceptors (Lipinski definition) is 4. The summed E-state index contributed by atoms with van der Waals surface area (Å²) in [6.07, 6.45) is 2.77. The number of aromatic nitrogens is 1. The van der Waals surface area contributed by atoms with Crippen molar-refractivity contribution in [3.8, 4) is 0 Å². The Morgan fingerprint density at radius 2 is 2.05 bits per heavy atom. The number of nitrogens with one attached hydrogen (secondary N) is 1. The van der Waals surface area contributed by atoms with E-state index in [1.54, 1.807) is 11.3 Å². The Bertz CT molecular complexity index is 764. The van der Waals surface area contributed by atoms with Crippen molar-refractivity contribution in [2.75, 3.05) is 0 Å². The van der Waals surface area contributed by atoms with Crippen LogP contribution in [-0.2, 0) is 6.42 Å². The zero-order valence-corrected chi connectivity index (χ0v) is 13.1. The number of nitrogens with two attached hydrogens (primary N) is 1. The highest BCUT2D eigenvalue weighted by molar-refractivity contribution is 7.17. The van der Waals surface area contributed by atoms with Crippen LogP contribution in [0.4, 0.5) is 0 Å². The molecule has 0 saturated heterocycles. The van der Waals surface area contributed by atoms with Gasteiger partial charge in [0, 0.05) is 6.20 Å². The molecule has 0 radical (unpaired) electrons. The molecule has 0 spiro atoms. The molecule has 108 valence electrons. The van der Waals surface area contributed by atoms with Gasteiger partial charge in [0.05, 0.1) is 16.3 Å². The summed E-state index contributed by atoms with van der Waals surface area (Å²) in [5.41, 5.74) is 9.02. The van der Waals surface area contributed by atoms with Crippen molar-refractivity contribution in [1.29, 1.82) is 0 Å². The summed E-state index contributed by atoms with van der Waals surface area (Å²) in [7, 11) is 0. The molecule has 3 nitrogen and oxygen atoms in total. The minimum absolute atomic E-state index is 0.0751. The van der Waals surface area contributed by atoms with Crippen LogP contribution in [0.1, 0.15) is 28.3 Å². The van der Waals surface area contributed by atoms with Gasteiger partial charge in [-0.25, -0.2) is 0 Å². The normalized spacial score (nSPS) is 12.7. The second kappa shape index (κ2) is 5.93. The van der Waals surface area contributed by atoms with Gasteiger partial charge in [0.1, 0.15) is 0 Å². The minimum atomic E-state index is 0.0751. The number of fused-ring (bicyclic) bond motifs is 1. The summed E-state index contributed by atoms with van der Waals surface area (Å²) < 4.78 is 1.20. The lowest BCUT2D eigenvalue weighted by molar-refractivity contribution is 0.551. The molecule has 0 saturated carbocycles. The van der Waals surface area contributed by atoms with Crippen molar-refractivity contribution in [3.05, 3.63) is 64.2 Å². The lowest BCUT2D eigenvalue weighted by atomic mass is 9.98. The lowest BCUT2D eigenvalue weighted by Gasteiger charge is -2.17. The number of pyridine rings is 1. The molecule has 1 unspecified atom stereocenters. The first kappa shape index (κ1) is 14.2. The summed E-state index contributed by atoms with van der Waals surface area (Å²) >= 11 is 1.71. The smallest absolute Gasteiger partial charge is 0.0809 e. The van der Waals surface area contributed by atoms with Gasteiger partial charge in [-0.2, -0.15) is 0 Å². The lowest BCUT2D eigenvalue weighted by Crippen LogP contribution is -2.29. The van der Waals surface area contributed by atoms with Crippen LogP contribution < -0.4 is 11.3 Å². The van der Waals surface area contributed by atoms with E-state index in [1.165, 1.54) is 21.4 Å². The first-order valence-corrected chi connectivity index (χ1v) is 7.91. The van der Waals surface area contributed by atoms with E-state index < -0.39 is 0 Å². The Balaban J connectivity index is 1.88. The van der Waals surface area contributed by atoms with Crippen molar-refractivity contribution in [1.82, 2.24) is 10.4 Å². The molecule has 4 heteroatoms. The predicted octanol–water partition coefficient (Wildman–Crippen LogP) is 3.66. The molecule has 2 heterocycles. The van der Waals surface area contributed by atoms with E-state index in [1.807, 2.05) is 12.3 Å². The van der Waals surface area contributed by atoms with Crippen molar-refractivity contribution >= 4 is 21.6 Å². The van der Waals surface area contributed by atoms with Gasteiger partial charge in [-0.3, -0.25) is 16.3 Å². The van der Waals surface area contributed by atoms with Crippen LogP contribution in [0.3, 0.4) is 0 Å². The molecule has 21 heavy (non-hydrogen) atoms. The SMILES string of the molecule is Cc1ccc(CC(NN)c2cnc3ccsc3c2)cc1C. The molecule has 0 amide bonds. The first-order chi connectivity index (χ1) is 10.2. The Morgan fingerprint density at radius 3 is 2.81 bits per heavy atom. The average molecular weight is 297 g/mol. The third-order valence-corrected chi connectivity index (χ3v) is 4.79. The number of hydrazine groups is 1. The van der Waals surface area contributed by atoms with Crippen molar-refractivity contribution < 1.29 is 0 Å². The van der Waals surface area contributed by atoms with Crippen LogP contribution in [0.15, 0.2) is 41.9 Å². The predicted molar refractivity (Wildman–Crippen MR) is 89.3 cm³/mol. The fourth-order valence-electron chi connectivity index (χ4n) is 2.49. The van der Waals surface area contributed by atoms with Crippen LogP contribution in [-0.4, -0.2) is 4.98 Å². The topological polar surface area (TPSA) is 50.9 Å². The number of aryl methyl sites for hydroxylation is 2. The molecule has 1 aromatic carbocycles. The largest absolute Gasteiger partial charge is 0.271 e. The van der Waals surface area contributed by atoms with Crippen LogP contribution in [0, 0.1) is 13.8 Å². The van der Waals surface area contributed by atoms with Gasteiger partial charge in [-0.1, -0.05) is 18.2 Å². The van der Waals surface area contributed by atoms with E-state index in [9.17, 15) is 0 Å². The van der Waals surface area contributed by atoms with Gasteiger partial charge in [-0.05, 0) is 60.0 Å². The van der Waals surface area contributed by atoms with E-state index >= 15 is 0 Å². The van der Waals surface area contributed by atoms with E-state index in [0.717, 1.165) is 17.5 Å². The van der Waals surface area contributed by atoms with E-state index in [0.29, 0.717) is 0 Å². The standard InChI is InChI=1S/C17H19N3S/c1-11-3-4-13(7-12(11)2)8-16(20-18)14-9-17-15(19-10-14)5-6-21-17/h3-7,9-10,16,20H,8,18H2,1-2H3. The highest BCUT2D eigenvalue weighted by Crippen LogP contribution is 2.25. The zero-order valence-electron chi connectivity index (χ0n) is 12.3. The average Bonchev–Trinajstić information content (AvgIpc) is 2.95. The molecule has 0 aliphatic carbocycles. The quantitative estimate of drug-likeness (QED) is 0.571. The fraction of sp³-hybridized carbons (Fsp3) is 0.235. The second-order valence-corrected chi connectivity index (χ2v) is 6.36. The number of hydrogen-bond donors (Lipinski definition) is 2. The zero-order chi connectivity index (χ0) is 14.8. The Labute approximate surface area is 128 Å². The first-order valence-electron chi connectivity index (χ1n) is 7.03. The second-order valence-electron chi connectivity index (χ2n) is 5.41. The fourth-order valence-corrected chi connectivity index (χ4v) is 3.28. The molecule has 2 aromatic heterocycles. The molecule has 0 bridgehead atoms. The van der Waals surface area contributed by atoms with Gasteiger partial charge in [-0.15, -0.1) is 11.3 Å². The van der Waals surface area contributed by atoms with Crippen LogP contribution >= 0.6 is 11.3 Å². The van der Waals surface area contributed by atoms with Gasteiger partial charge >= 0.3 is 0 Å². The van der Waals surface area contributed by atoms with Crippen LogP contribution in [0.5, 0.6) is 0 Å². The highest BCUT2D eigenvalue weighted by Gasteiger charge is 2.12. The van der Waals surface area contributed by atoms with Crippen molar-refractivity contribution in [3.63, 3.8) is 0 Å². The minimum Gasteiger partial charge on any atom is -0.271 e. The van der Waals surface area contributed by atoms with Gasteiger partial charge in [0.15, 0.2) is 0 Å². The monoisotopic (exact) mass is 297 g/mol. The number of benzene rings is 1. The van der Waals surface area contributed by atoms with E-state index in [-0.39, 0.29) is 6.04 Å². The molecule has 0 fully saturated rings. The van der Waals surface area contributed by atoms with Crippen LogP contribution in [0.2, 0.25) is 0 Å². The number of nitrogens with zero attached hydrogens (tertiary/aromatic N) is 1. The summed E-state index contributed by atoms with van der Waals surface area (Å²) in [5, 5.41) is 2.07. The van der Waals surface area contributed by atoms with Gasteiger partial charge in [0.2, 0.25) is 0 Å². The maximum absolute atomic E-state index is 5.77.